The van der Waals surface area contributed by atoms with E-state index in [1.165, 1.54) is 0 Å². The maximum atomic E-state index is 13.5. The molecule has 2 saturated heterocycles. The van der Waals surface area contributed by atoms with E-state index in [4.69, 9.17) is 4.74 Å². The lowest BCUT2D eigenvalue weighted by molar-refractivity contribution is -0.130. The number of amides is 2. The summed E-state index contributed by atoms with van der Waals surface area (Å²) in [6.45, 7) is 2.67. The van der Waals surface area contributed by atoms with Crippen LogP contribution in [0.5, 0.6) is 5.88 Å². The van der Waals surface area contributed by atoms with E-state index in [1.54, 1.807) is 24.0 Å². The fraction of sp³-hybridized carbons (Fsp3) is 0.696. The van der Waals surface area contributed by atoms with Crippen molar-refractivity contribution in [2.75, 3.05) is 37.7 Å². The third-order valence-electron chi connectivity index (χ3n) is 6.88. The summed E-state index contributed by atoms with van der Waals surface area (Å²) in [6.07, 6.45) is 5.67. The molecule has 0 aromatic carbocycles. The minimum atomic E-state index is -2.69. The first-order chi connectivity index (χ1) is 15.3. The molecular formula is C23H30F2N4O3. The van der Waals surface area contributed by atoms with Gasteiger partial charge in [0, 0.05) is 32.1 Å². The van der Waals surface area contributed by atoms with Crippen LogP contribution in [-0.2, 0) is 4.79 Å². The van der Waals surface area contributed by atoms with E-state index >= 15 is 0 Å². The lowest BCUT2D eigenvalue weighted by Crippen LogP contribution is -2.56. The number of ether oxygens (including phenoxy) is 1. The highest BCUT2D eigenvalue weighted by Crippen LogP contribution is 2.39. The van der Waals surface area contributed by atoms with E-state index in [9.17, 15) is 18.4 Å². The number of anilines is 1. The number of rotatable bonds is 7. The average Bonchev–Trinajstić information content (AvgIpc) is 3.66. The molecule has 5 rings (SSSR count). The molecule has 0 N–H and O–H groups in total. The molecule has 0 atom stereocenters. The van der Waals surface area contributed by atoms with Gasteiger partial charge in [-0.15, -0.1) is 0 Å². The molecule has 2 amide bonds. The lowest BCUT2D eigenvalue weighted by atomic mass is 10.0. The van der Waals surface area contributed by atoms with Crippen LogP contribution < -0.4 is 9.64 Å². The third-order valence-corrected chi connectivity index (χ3v) is 6.88. The van der Waals surface area contributed by atoms with Crippen LogP contribution in [0.2, 0.25) is 0 Å². The summed E-state index contributed by atoms with van der Waals surface area (Å²) in [7, 11) is 0. The van der Waals surface area contributed by atoms with Crippen molar-refractivity contribution < 1.29 is 23.1 Å². The van der Waals surface area contributed by atoms with Crippen molar-refractivity contribution in [1.29, 1.82) is 0 Å². The van der Waals surface area contributed by atoms with Crippen LogP contribution in [-0.4, -0.2) is 77.4 Å². The second-order valence-electron chi connectivity index (χ2n) is 9.67. The van der Waals surface area contributed by atoms with Crippen LogP contribution >= 0.6 is 0 Å². The molecule has 2 aliphatic heterocycles. The van der Waals surface area contributed by atoms with Gasteiger partial charge in [-0.3, -0.25) is 9.59 Å². The molecule has 0 unspecified atom stereocenters. The van der Waals surface area contributed by atoms with Crippen LogP contribution in [0.25, 0.3) is 0 Å². The Balaban J connectivity index is 1.34. The van der Waals surface area contributed by atoms with Gasteiger partial charge in [0.15, 0.2) is 0 Å². The fourth-order valence-corrected chi connectivity index (χ4v) is 4.64. The van der Waals surface area contributed by atoms with Crippen LogP contribution in [0.1, 0.15) is 55.9 Å². The van der Waals surface area contributed by atoms with Gasteiger partial charge in [0.2, 0.25) is 11.8 Å². The van der Waals surface area contributed by atoms with E-state index < -0.39 is 5.92 Å². The summed E-state index contributed by atoms with van der Waals surface area (Å²) in [5.41, 5.74) is 0.827. The highest BCUT2D eigenvalue weighted by Gasteiger charge is 2.45. The summed E-state index contributed by atoms with van der Waals surface area (Å²) < 4.78 is 32.8. The Bertz CT molecular complexity index is 887. The number of likely N-dealkylation sites (tertiary alicyclic amines) is 1. The van der Waals surface area contributed by atoms with Gasteiger partial charge in [-0.25, -0.2) is 13.8 Å². The molecule has 32 heavy (non-hydrogen) atoms. The normalized spacial score (nSPS) is 23.0. The summed E-state index contributed by atoms with van der Waals surface area (Å²) in [5, 5.41) is 0. The standard InChI is InChI=1S/C23H30F2N4O3/c1-15(30)27-10-8-18(9-11-27)29(17-4-5-17)22(31)19-6-7-20(28-13-23(24,25)14-28)21(26-19)32-12-16-2-3-16/h6-7,16-18H,2-5,8-14H2,1H3. The molecule has 0 spiro atoms. The zero-order valence-corrected chi connectivity index (χ0v) is 18.4. The third kappa shape index (κ3) is 4.52. The van der Waals surface area contributed by atoms with Gasteiger partial charge in [0.25, 0.3) is 11.8 Å². The molecule has 7 nitrogen and oxygen atoms in total. The number of hydrogen-bond acceptors (Lipinski definition) is 5. The maximum Gasteiger partial charge on any atom is 0.282 e. The zero-order valence-electron chi connectivity index (χ0n) is 18.4. The van der Waals surface area contributed by atoms with Crippen molar-refractivity contribution in [2.45, 2.75) is 63.5 Å². The zero-order chi connectivity index (χ0) is 22.5. The van der Waals surface area contributed by atoms with E-state index in [0.29, 0.717) is 37.0 Å². The molecule has 9 heteroatoms. The minimum absolute atomic E-state index is 0.0685. The lowest BCUT2D eigenvalue weighted by Gasteiger charge is -2.41. The maximum absolute atomic E-state index is 13.5. The molecule has 1 aromatic rings. The monoisotopic (exact) mass is 448 g/mol. The number of carbonyl (C=O) groups excluding carboxylic acids is 2. The van der Waals surface area contributed by atoms with E-state index in [1.807, 2.05) is 9.80 Å². The number of carbonyl (C=O) groups is 2. The number of aromatic nitrogens is 1. The molecule has 4 aliphatic rings. The SMILES string of the molecule is CC(=O)N1CCC(N(C(=O)c2ccc(N3CC(F)(F)C3)c(OCC3CC3)n2)C2CC2)CC1. The predicted molar refractivity (Wildman–Crippen MR) is 114 cm³/mol. The van der Waals surface area contributed by atoms with Crippen LogP contribution in [0, 0.1) is 5.92 Å². The second-order valence-corrected chi connectivity index (χ2v) is 9.67. The Morgan fingerprint density at radius 2 is 1.75 bits per heavy atom. The number of hydrogen-bond donors (Lipinski definition) is 0. The van der Waals surface area contributed by atoms with Crippen molar-refractivity contribution >= 4 is 17.5 Å². The van der Waals surface area contributed by atoms with Crippen molar-refractivity contribution in [3.63, 3.8) is 0 Å². The fourth-order valence-electron chi connectivity index (χ4n) is 4.64. The Morgan fingerprint density at radius 1 is 1.09 bits per heavy atom. The summed E-state index contributed by atoms with van der Waals surface area (Å²) >= 11 is 0. The first kappa shape index (κ1) is 21.4. The Hall–Kier alpha value is -2.45. The molecular weight excluding hydrogens is 418 g/mol. The molecule has 2 saturated carbocycles. The van der Waals surface area contributed by atoms with Gasteiger partial charge >= 0.3 is 0 Å². The van der Waals surface area contributed by atoms with Crippen LogP contribution in [0.15, 0.2) is 12.1 Å². The largest absolute Gasteiger partial charge is 0.476 e. The number of pyridine rings is 1. The van der Waals surface area contributed by atoms with E-state index in [-0.39, 0.29) is 42.9 Å². The highest BCUT2D eigenvalue weighted by atomic mass is 19.3. The number of alkyl halides is 2. The predicted octanol–water partition coefficient (Wildman–Crippen LogP) is 2.94. The van der Waals surface area contributed by atoms with Crippen LogP contribution in [0.3, 0.4) is 0 Å². The molecule has 0 radical (unpaired) electrons. The molecule has 1 aromatic heterocycles. The van der Waals surface area contributed by atoms with E-state index in [2.05, 4.69) is 4.98 Å². The van der Waals surface area contributed by atoms with Crippen molar-refractivity contribution in [2.24, 2.45) is 5.92 Å². The Kier molecular flexibility index (Phi) is 5.45. The first-order valence-electron chi connectivity index (χ1n) is 11.7. The molecule has 4 fully saturated rings. The van der Waals surface area contributed by atoms with Crippen LogP contribution in [0.4, 0.5) is 14.5 Å². The van der Waals surface area contributed by atoms with Crippen molar-refractivity contribution in [3.05, 3.63) is 17.8 Å². The van der Waals surface area contributed by atoms with Gasteiger partial charge in [-0.2, -0.15) is 0 Å². The van der Waals surface area contributed by atoms with Gasteiger partial charge in [0.1, 0.15) is 11.4 Å². The van der Waals surface area contributed by atoms with E-state index in [0.717, 1.165) is 38.5 Å². The smallest absolute Gasteiger partial charge is 0.282 e. The number of nitrogens with zero attached hydrogens (tertiary/aromatic N) is 4. The molecule has 0 bridgehead atoms. The Labute approximate surface area is 186 Å². The highest BCUT2D eigenvalue weighted by molar-refractivity contribution is 5.93. The van der Waals surface area contributed by atoms with Crippen molar-refractivity contribution in [3.8, 4) is 5.88 Å². The van der Waals surface area contributed by atoms with Gasteiger partial charge in [-0.1, -0.05) is 0 Å². The average molecular weight is 449 g/mol. The molecule has 2 aliphatic carbocycles. The second kappa shape index (κ2) is 8.15. The summed E-state index contributed by atoms with van der Waals surface area (Å²) in [4.78, 5) is 35.0. The Morgan fingerprint density at radius 3 is 2.31 bits per heavy atom. The topological polar surface area (TPSA) is 66.0 Å². The van der Waals surface area contributed by atoms with Crippen molar-refractivity contribution in [1.82, 2.24) is 14.8 Å². The quantitative estimate of drug-likeness (QED) is 0.642. The van der Waals surface area contributed by atoms with Gasteiger partial charge < -0.3 is 19.4 Å². The summed E-state index contributed by atoms with van der Waals surface area (Å²) in [5.74, 6) is -2.00. The number of piperidine rings is 1. The van der Waals surface area contributed by atoms with Gasteiger partial charge in [-0.05, 0) is 56.6 Å². The molecule has 174 valence electrons. The number of halogens is 2. The minimum Gasteiger partial charge on any atom is -0.476 e. The van der Waals surface area contributed by atoms with Gasteiger partial charge in [0.05, 0.1) is 19.7 Å². The first-order valence-corrected chi connectivity index (χ1v) is 11.7. The summed E-state index contributed by atoms with van der Waals surface area (Å²) in [6, 6.07) is 3.62. The molecule has 3 heterocycles.